The summed E-state index contributed by atoms with van der Waals surface area (Å²) in [5.41, 5.74) is 1.41. The van der Waals surface area contributed by atoms with Crippen molar-refractivity contribution >= 4 is 5.82 Å². The number of rotatable bonds is 4. The lowest BCUT2D eigenvalue weighted by molar-refractivity contribution is 0.773. The second kappa shape index (κ2) is 5.00. The van der Waals surface area contributed by atoms with E-state index in [2.05, 4.69) is 59.5 Å². The van der Waals surface area contributed by atoms with Gasteiger partial charge in [-0.15, -0.1) is 0 Å². The summed E-state index contributed by atoms with van der Waals surface area (Å²) >= 11 is 0. The van der Waals surface area contributed by atoms with Crippen molar-refractivity contribution in [3.63, 3.8) is 0 Å². The number of aromatic nitrogens is 2. The minimum atomic E-state index is 0.367. The van der Waals surface area contributed by atoms with Crippen molar-refractivity contribution in [1.29, 1.82) is 0 Å². The van der Waals surface area contributed by atoms with Crippen LogP contribution in [0.4, 0.5) is 5.82 Å². The van der Waals surface area contributed by atoms with Gasteiger partial charge in [0, 0.05) is 24.1 Å². The van der Waals surface area contributed by atoms with Gasteiger partial charge in [-0.3, -0.25) is 0 Å². The second-order valence-corrected chi connectivity index (χ2v) is 5.46. The maximum absolute atomic E-state index is 4.56. The van der Waals surface area contributed by atoms with Gasteiger partial charge in [0.1, 0.15) is 11.6 Å². The van der Waals surface area contributed by atoms with E-state index < -0.39 is 0 Å². The Balaban J connectivity index is 1.66. The fourth-order valence-electron chi connectivity index (χ4n) is 2.35. The molecule has 0 saturated heterocycles. The summed E-state index contributed by atoms with van der Waals surface area (Å²) in [6.45, 7) is 4.23. The lowest BCUT2D eigenvalue weighted by Crippen LogP contribution is -2.08. The Morgan fingerprint density at radius 3 is 2.68 bits per heavy atom. The Labute approximate surface area is 114 Å². The van der Waals surface area contributed by atoms with E-state index in [0.717, 1.165) is 11.6 Å². The van der Waals surface area contributed by atoms with Crippen LogP contribution in [0.15, 0.2) is 42.6 Å². The van der Waals surface area contributed by atoms with E-state index in [0.29, 0.717) is 17.9 Å². The fourth-order valence-corrected chi connectivity index (χ4v) is 2.35. The summed E-state index contributed by atoms with van der Waals surface area (Å²) in [5.74, 6) is 2.84. The van der Waals surface area contributed by atoms with E-state index in [1.54, 1.807) is 0 Å². The van der Waals surface area contributed by atoms with Crippen LogP contribution < -0.4 is 5.32 Å². The first-order valence-electron chi connectivity index (χ1n) is 6.88. The molecule has 0 spiro atoms. The lowest BCUT2D eigenvalue weighted by atomic mass is 10.1. The predicted octanol–water partition coefficient (Wildman–Crippen LogP) is 3.57. The highest BCUT2D eigenvalue weighted by Gasteiger charge is 2.38. The van der Waals surface area contributed by atoms with E-state index in [4.69, 9.17) is 0 Å². The molecule has 3 heteroatoms. The first kappa shape index (κ1) is 12.2. The summed E-state index contributed by atoms with van der Waals surface area (Å²) in [5, 5.41) is 3.51. The van der Waals surface area contributed by atoms with Gasteiger partial charge >= 0.3 is 0 Å². The average Bonchev–Trinajstić information content (AvgIpc) is 3.19. The van der Waals surface area contributed by atoms with E-state index in [1.807, 2.05) is 12.3 Å². The zero-order valence-corrected chi connectivity index (χ0v) is 11.4. The molecule has 0 radical (unpaired) electrons. The maximum Gasteiger partial charge on any atom is 0.133 e. The van der Waals surface area contributed by atoms with Gasteiger partial charge in [0.25, 0.3) is 0 Å². The van der Waals surface area contributed by atoms with Crippen molar-refractivity contribution < 1.29 is 0 Å². The quantitative estimate of drug-likeness (QED) is 0.905. The Hall–Kier alpha value is -1.90. The van der Waals surface area contributed by atoms with Crippen LogP contribution in [0.3, 0.4) is 0 Å². The molecule has 1 saturated carbocycles. The summed E-state index contributed by atoms with van der Waals surface area (Å²) in [4.78, 5) is 8.85. The monoisotopic (exact) mass is 253 g/mol. The molecule has 2 unspecified atom stereocenters. The van der Waals surface area contributed by atoms with Gasteiger partial charge in [-0.05, 0) is 18.1 Å². The zero-order chi connectivity index (χ0) is 13.2. The van der Waals surface area contributed by atoms with Gasteiger partial charge < -0.3 is 5.32 Å². The molecule has 2 aromatic rings. The predicted molar refractivity (Wildman–Crippen MR) is 77.3 cm³/mol. The van der Waals surface area contributed by atoms with Crippen LogP contribution in [0, 0.1) is 0 Å². The van der Waals surface area contributed by atoms with Crippen LogP contribution in [0.25, 0.3) is 0 Å². The maximum atomic E-state index is 4.56. The normalized spacial score (nSPS) is 21.4. The van der Waals surface area contributed by atoms with E-state index >= 15 is 0 Å². The topological polar surface area (TPSA) is 37.8 Å². The number of benzene rings is 1. The fraction of sp³-hybridized carbons (Fsp3) is 0.375. The molecular weight excluding hydrogens is 234 g/mol. The number of hydrogen-bond donors (Lipinski definition) is 1. The third-order valence-electron chi connectivity index (χ3n) is 3.54. The first-order valence-corrected chi connectivity index (χ1v) is 6.88. The van der Waals surface area contributed by atoms with Gasteiger partial charge in [0.05, 0.1) is 0 Å². The zero-order valence-electron chi connectivity index (χ0n) is 11.4. The molecule has 3 rings (SSSR count). The highest BCUT2D eigenvalue weighted by molar-refractivity contribution is 5.41. The van der Waals surface area contributed by atoms with Crippen molar-refractivity contribution in [1.82, 2.24) is 9.97 Å². The van der Waals surface area contributed by atoms with Crippen LogP contribution in [0.5, 0.6) is 0 Å². The second-order valence-electron chi connectivity index (χ2n) is 5.46. The molecule has 98 valence electrons. The van der Waals surface area contributed by atoms with Crippen LogP contribution in [-0.2, 0) is 0 Å². The molecule has 0 bridgehead atoms. The molecule has 1 heterocycles. The minimum absolute atomic E-state index is 0.367. The van der Waals surface area contributed by atoms with E-state index in [1.165, 1.54) is 12.0 Å². The van der Waals surface area contributed by atoms with Gasteiger partial charge in [0.15, 0.2) is 0 Å². The van der Waals surface area contributed by atoms with Gasteiger partial charge in [-0.2, -0.15) is 0 Å². The summed E-state index contributed by atoms with van der Waals surface area (Å²) in [6.07, 6.45) is 3.02. The minimum Gasteiger partial charge on any atom is -0.367 e. The average molecular weight is 253 g/mol. The number of nitrogens with zero attached hydrogens (tertiary/aromatic N) is 2. The van der Waals surface area contributed by atoms with Crippen molar-refractivity contribution in [3.8, 4) is 0 Å². The number of anilines is 1. The Bertz CT molecular complexity index is 551. The number of hydrogen-bond acceptors (Lipinski definition) is 3. The molecule has 0 amide bonds. The van der Waals surface area contributed by atoms with Crippen molar-refractivity contribution in [3.05, 3.63) is 54.0 Å². The molecule has 0 aliphatic heterocycles. The van der Waals surface area contributed by atoms with Crippen molar-refractivity contribution in [2.45, 2.75) is 38.1 Å². The SMILES string of the molecule is CC(C)c1nccc(NC2CC2c2ccccc2)n1. The van der Waals surface area contributed by atoms with Crippen LogP contribution in [0.1, 0.15) is 43.5 Å². The highest BCUT2D eigenvalue weighted by atomic mass is 15.1. The van der Waals surface area contributed by atoms with Gasteiger partial charge in [-0.1, -0.05) is 44.2 Å². The summed E-state index contributed by atoms with van der Waals surface area (Å²) < 4.78 is 0. The molecule has 1 aromatic heterocycles. The third kappa shape index (κ3) is 2.75. The van der Waals surface area contributed by atoms with Gasteiger partial charge in [0.2, 0.25) is 0 Å². The Morgan fingerprint density at radius 2 is 1.95 bits per heavy atom. The Kier molecular flexibility index (Phi) is 3.20. The molecule has 1 fully saturated rings. The number of nitrogens with one attached hydrogen (secondary N) is 1. The highest BCUT2D eigenvalue weighted by Crippen LogP contribution is 2.42. The van der Waals surface area contributed by atoms with E-state index in [-0.39, 0.29) is 0 Å². The lowest BCUT2D eigenvalue weighted by Gasteiger charge is -2.08. The molecule has 19 heavy (non-hydrogen) atoms. The van der Waals surface area contributed by atoms with Gasteiger partial charge in [-0.25, -0.2) is 9.97 Å². The summed E-state index contributed by atoms with van der Waals surface area (Å²) in [7, 11) is 0. The first-order chi connectivity index (χ1) is 9.24. The molecule has 3 nitrogen and oxygen atoms in total. The van der Waals surface area contributed by atoms with E-state index in [9.17, 15) is 0 Å². The molecule has 1 N–H and O–H groups in total. The molecule has 1 aromatic carbocycles. The van der Waals surface area contributed by atoms with Crippen LogP contribution >= 0.6 is 0 Å². The molecule has 2 atom stereocenters. The molecule has 1 aliphatic rings. The standard InChI is InChI=1S/C16H19N3/c1-11(2)16-17-9-8-15(19-16)18-14-10-13(14)12-6-4-3-5-7-12/h3-9,11,13-14H,10H2,1-2H3,(H,17,18,19). The summed E-state index contributed by atoms with van der Waals surface area (Å²) in [6, 6.07) is 13.1. The largest absolute Gasteiger partial charge is 0.367 e. The third-order valence-corrected chi connectivity index (χ3v) is 3.54. The molecule has 1 aliphatic carbocycles. The van der Waals surface area contributed by atoms with Crippen molar-refractivity contribution in [2.24, 2.45) is 0 Å². The van der Waals surface area contributed by atoms with Crippen LogP contribution in [-0.4, -0.2) is 16.0 Å². The smallest absolute Gasteiger partial charge is 0.133 e. The van der Waals surface area contributed by atoms with Crippen LogP contribution in [0.2, 0.25) is 0 Å². The van der Waals surface area contributed by atoms with Crippen molar-refractivity contribution in [2.75, 3.05) is 5.32 Å². The molecular formula is C16H19N3. The Morgan fingerprint density at radius 1 is 1.16 bits per heavy atom.